The van der Waals surface area contributed by atoms with Gasteiger partial charge in [-0.05, 0) is 67.4 Å². The molecule has 6 nitrogen and oxygen atoms in total. The van der Waals surface area contributed by atoms with Gasteiger partial charge in [0.2, 0.25) is 0 Å². The molecule has 1 saturated heterocycles. The van der Waals surface area contributed by atoms with Crippen molar-refractivity contribution in [1.29, 1.82) is 0 Å². The second kappa shape index (κ2) is 8.68. The summed E-state index contributed by atoms with van der Waals surface area (Å²) in [6, 6.07) is 18.2. The Hall–Kier alpha value is -3.29. The zero-order valence-corrected chi connectivity index (χ0v) is 17.8. The first-order valence-electron chi connectivity index (χ1n) is 10.9. The molecule has 0 aliphatic carbocycles. The van der Waals surface area contributed by atoms with Gasteiger partial charge in [0, 0.05) is 42.6 Å². The van der Waals surface area contributed by atoms with E-state index < -0.39 is 5.60 Å². The highest BCUT2D eigenvalue weighted by Gasteiger charge is 2.33. The van der Waals surface area contributed by atoms with E-state index in [1.807, 2.05) is 53.5 Å². The second-order valence-corrected chi connectivity index (χ2v) is 8.53. The molecule has 1 aliphatic heterocycles. The van der Waals surface area contributed by atoms with Crippen LogP contribution in [0.1, 0.15) is 18.5 Å². The number of hydrogen-bond acceptors (Lipinski definition) is 5. The quantitative estimate of drug-likeness (QED) is 0.475. The fourth-order valence-corrected chi connectivity index (χ4v) is 4.28. The molecule has 2 N–H and O–H groups in total. The van der Waals surface area contributed by atoms with E-state index in [0.29, 0.717) is 19.4 Å². The summed E-state index contributed by atoms with van der Waals surface area (Å²) in [6.07, 6.45) is 5.04. The van der Waals surface area contributed by atoms with Gasteiger partial charge in [-0.15, -0.1) is 0 Å². The molecule has 3 heterocycles. The van der Waals surface area contributed by atoms with Crippen LogP contribution in [0.15, 0.2) is 73.1 Å². The lowest BCUT2D eigenvalue weighted by molar-refractivity contribution is -0.0373. The van der Waals surface area contributed by atoms with E-state index in [9.17, 15) is 9.50 Å². The van der Waals surface area contributed by atoms with Crippen LogP contribution < -0.4 is 5.32 Å². The number of anilines is 2. The van der Waals surface area contributed by atoms with Gasteiger partial charge in [0.25, 0.3) is 0 Å². The number of nitrogens with zero attached hydrogens (tertiary/aromatic N) is 4. The molecule has 0 atom stereocenters. The zero-order chi connectivity index (χ0) is 22.0. The Morgan fingerprint density at radius 3 is 2.53 bits per heavy atom. The van der Waals surface area contributed by atoms with Crippen molar-refractivity contribution in [2.45, 2.75) is 31.5 Å². The number of likely N-dealkylation sites (tertiary alicyclic amines) is 1. The minimum Gasteiger partial charge on any atom is -0.388 e. The molecule has 5 rings (SSSR count). The molecule has 4 aromatic rings. The van der Waals surface area contributed by atoms with Crippen molar-refractivity contribution in [3.05, 3.63) is 84.6 Å². The first-order chi connectivity index (χ1) is 15.6. The van der Waals surface area contributed by atoms with E-state index in [1.165, 1.54) is 12.1 Å². The van der Waals surface area contributed by atoms with Crippen LogP contribution in [-0.4, -0.2) is 43.5 Å². The summed E-state index contributed by atoms with van der Waals surface area (Å²) in [7, 11) is 0. The Morgan fingerprint density at radius 2 is 1.78 bits per heavy atom. The fraction of sp³-hybridized carbons (Fsp3) is 0.280. The number of fused-ring (bicyclic) bond motifs is 1. The lowest BCUT2D eigenvalue weighted by atomic mass is 9.91. The van der Waals surface area contributed by atoms with Crippen molar-refractivity contribution < 1.29 is 9.50 Å². The monoisotopic (exact) mass is 431 g/mol. The summed E-state index contributed by atoms with van der Waals surface area (Å²) in [6.45, 7) is 2.94. The highest BCUT2D eigenvalue weighted by molar-refractivity contribution is 5.83. The van der Waals surface area contributed by atoms with Crippen molar-refractivity contribution in [2.24, 2.45) is 0 Å². The minimum absolute atomic E-state index is 0.257. The molecule has 1 aliphatic rings. The summed E-state index contributed by atoms with van der Waals surface area (Å²) in [4.78, 5) is 6.74. The maximum atomic E-state index is 13.1. The molecule has 7 heteroatoms. The summed E-state index contributed by atoms with van der Waals surface area (Å²) >= 11 is 0. The maximum absolute atomic E-state index is 13.1. The molecule has 0 unspecified atom stereocenters. The normalized spacial score (nSPS) is 16.3. The molecule has 0 saturated carbocycles. The second-order valence-electron chi connectivity index (χ2n) is 8.53. The standard InChI is InChI=1S/C25H26FN5O/c26-20-4-6-21(7-5-20)29-22-8-9-24-19(15-22)16-28-31(24)18-25(32)10-13-30(14-11-25)17-23-3-1-2-12-27-23/h1-9,12,15-16,29,32H,10-11,13-14,17-18H2. The van der Waals surface area contributed by atoms with Crippen LogP contribution in [-0.2, 0) is 13.1 Å². The average Bonchev–Trinajstić information content (AvgIpc) is 3.19. The molecule has 2 aromatic heterocycles. The van der Waals surface area contributed by atoms with Gasteiger partial charge in [-0.2, -0.15) is 5.10 Å². The lowest BCUT2D eigenvalue weighted by Crippen LogP contribution is -2.46. The van der Waals surface area contributed by atoms with Gasteiger partial charge in [-0.1, -0.05) is 6.07 Å². The Labute approximate surface area is 186 Å². The highest BCUT2D eigenvalue weighted by atomic mass is 19.1. The smallest absolute Gasteiger partial charge is 0.123 e. The van der Waals surface area contributed by atoms with Gasteiger partial charge in [0.05, 0.1) is 29.6 Å². The van der Waals surface area contributed by atoms with Gasteiger partial charge in [0.15, 0.2) is 0 Å². The Morgan fingerprint density at radius 1 is 1.00 bits per heavy atom. The molecule has 2 aromatic carbocycles. The van der Waals surface area contributed by atoms with Gasteiger partial charge in [0.1, 0.15) is 5.82 Å². The van der Waals surface area contributed by atoms with Crippen molar-refractivity contribution >= 4 is 22.3 Å². The van der Waals surface area contributed by atoms with Gasteiger partial charge in [-0.25, -0.2) is 4.39 Å². The third-order valence-corrected chi connectivity index (χ3v) is 6.12. The van der Waals surface area contributed by atoms with Crippen LogP contribution >= 0.6 is 0 Å². The van der Waals surface area contributed by atoms with Crippen LogP contribution in [0.2, 0.25) is 0 Å². The number of halogens is 1. The maximum Gasteiger partial charge on any atom is 0.123 e. The predicted octanol–water partition coefficient (Wildman–Crippen LogP) is 4.34. The van der Waals surface area contributed by atoms with Crippen LogP contribution in [0, 0.1) is 5.82 Å². The number of hydrogen-bond donors (Lipinski definition) is 2. The lowest BCUT2D eigenvalue weighted by Gasteiger charge is -2.38. The van der Waals surface area contributed by atoms with Crippen molar-refractivity contribution in [3.63, 3.8) is 0 Å². The topological polar surface area (TPSA) is 66.2 Å². The summed E-state index contributed by atoms with van der Waals surface area (Å²) in [5, 5.41) is 20.0. The fourth-order valence-electron chi connectivity index (χ4n) is 4.28. The van der Waals surface area contributed by atoms with E-state index >= 15 is 0 Å². The van der Waals surface area contributed by atoms with Crippen LogP contribution in [0.5, 0.6) is 0 Å². The van der Waals surface area contributed by atoms with E-state index in [-0.39, 0.29) is 5.82 Å². The molecule has 0 spiro atoms. The molecule has 0 amide bonds. The number of benzene rings is 2. The number of rotatable bonds is 6. The molecule has 32 heavy (non-hydrogen) atoms. The van der Waals surface area contributed by atoms with Gasteiger partial charge < -0.3 is 10.4 Å². The average molecular weight is 432 g/mol. The Balaban J connectivity index is 1.23. The minimum atomic E-state index is -0.773. The molecule has 164 valence electrons. The van der Waals surface area contributed by atoms with Crippen molar-refractivity contribution in [2.75, 3.05) is 18.4 Å². The molecule has 0 radical (unpaired) electrons. The van der Waals surface area contributed by atoms with Gasteiger partial charge >= 0.3 is 0 Å². The molecule has 0 bridgehead atoms. The largest absolute Gasteiger partial charge is 0.388 e. The van der Waals surface area contributed by atoms with Crippen molar-refractivity contribution in [3.8, 4) is 0 Å². The van der Waals surface area contributed by atoms with Crippen LogP contribution in [0.3, 0.4) is 0 Å². The third-order valence-electron chi connectivity index (χ3n) is 6.12. The van der Waals surface area contributed by atoms with E-state index in [0.717, 1.165) is 47.6 Å². The van der Waals surface area contributed by atoms with Gasteiger partial charge in [-0.3, -0.25) is 14.6 Å². The first-order valence-corrected chi connectivity index (χ1v) is 10.9. The third kappa shape index (κ3) is 4.64. The zero-order valence-electron chi connectivity index (χ0n) is 17.8. The molecular weight excluding hydrogens is 405 g/mol. The Bertz CT molecular complexity index is 1180. The molecular formula is C25H26FN5O. The first kappa shape index (κ1) is 20.6. The Kier molecular flexibility index (Phi) is 5.59. The van der Waals surface area contributed by atoms with E-state index in [2.05, 4.69) is 20.3 Å². The van der Waals surface area contributed by atoms with E-state index in [4.69, 9.17) is 0 Å². The highest BCUT2D eigenvalue weighted by Crippen LogP contribution is 2.28. The predicted molar refractivity (Wildman–Crippen MR) is 123 cm³/mol. The van der Waals surface area contributed by atoms with Crippen LogP contribution in [0.4, 0.5) is 15.8 Å². The number of aromatic nitrogens is 3. The number of piperidine rings is 1. The summed E-state index contributed by atoms with van der Waals surface area (Å²) in [5.41, 5.74) is 3.00. The number of nitrogens with one attached hydrogen (secondary N) is 1. The van der Waals surface area contributed by atoms with E-state index in [1.54, 1.807) is 12.1 Å². The summed E-state index contributed by atoms with van der Waals surface area (Å²) < 4.78 is 15.0. The SMILES string of the molecule is OC1(Cn2ncc3cc(Nc4ccc(F)cc4)ccc32)CCN(Cc2ccccn2)CC1. The van der Waals surface area contributed by atoms with Crippen molar-refractivity contribution in [1.82, 2.24) is 19.7 Å². The van der Waals surface area contributed by atoms with Crippen LogP contribution in [0.25, 0.3) is 10.9 Å². The number of aliphatic hydroxyl groups is 1. The molecule has 1 fully saturated rings. The number of pyridine rings is 1. The summed E-state index contributed by atoms with van der Waals surface area (Å²) in [5.74, 6) is -0.257.